The Hall–Kier alpha value is -4.35. The highest BCUT2D eigenvalue weighted by atomic mass is 32.2. The molecule has 3 saturated heterocycles. The van der Waals surface area contributed by atoms with E-state index in [9.17, 15) is 27.8 Å². The second kappa shape index (κ2) is 15.8. The quantitative estimate of drug-likeness (QED) is 0.159. The molecule has 7 rings (SSSR count). The smallest absolute Gasteiger partial charge is 0.317 e. The van der Waals surface area contributed by atoms with E-state index in [-0.39, 0.29) is 43.7 Å². The number of ketones is 1. The van der Waals surface area contributed by atoms with Crippen molar-refractivity contribution in [2.45, 2.75) is 51.4 Å². The molecule has 2 N–H and O–H groups in total. The number of anilines is 2. The maximum atomic E-state index is 15.9. The molecule has 0 amide bonds. The van der Waals surface area contributed by atoms with Crippen LogP contribution in [0.1, 0.15) is 49.0 Å². The fourth-order valence-electron chi connectivity index (χ4n) is 8.26. The van der Waals surface area contributed by atoms with E-state index in [4.69, 9.17) is 0 Å². The number of fused-ring (bicyclic) bond motifs is 1. The number of hydrazine groups is 1. The van der Waals surface area contributed by atoms with Crippen molar-refractivity contribution in [1.29, 1.82) is 0 Å². The molecular weight excluding hydrogens is 724 g/mol. The number of aromatic amines is 1. The van der Waals surface area contributed by atoms with Gasteiger partial charge in [0.25, 0.3) is 0 Å². The van der Waals surface area contributed by atoms with Gasteiger partial charge in [-0.3, -0.25) is 23.6 Å². The van der Waals surface area contributed by atoms with E-state index in [1.807, 2.05) is 24.3 Å². The van der Waals surface area contributed by atoms with Crippen molar-refractivity contribution >= 4 is 45.4 Å². The average molecular weight is 767 g/mol. The highest BCUT2D eigenvalue weighted by molar-refractivity contribution is 7.80. The molecule has 0 spiro atoms. The molecule has 0 aliphatic carbocycles. The lowest BCUT2D eigenvalue weighted by molar-refractivity contribution is -0.140. The molecule has 0 saturated carbocycles. The van der Waals surface area contributed by atoms with E-state index in [1.54, 1.807) is 12.3 Å². The number of nitrogens with zero attached hydrogens (tertiary/aromatic N) is 6. The first-order chi connectivity index (χ1) is 25.9. The SMILES string of the molecule is C[C@@H]1CN(CC2CCN(c3ccc(-c4cnc5[nH]cc(C(=O)c6c(F)ccc(N(N7CC[C@@H](F)C7)S(=O)[O-])c6F)c5c4)cc3)CC2)C[C@H](C)N1CC(=O)O. The minimum absolute atomic E-state index is 0.00239. The molecule has 4 atom stereocenters. The van der Waals surface area contributed by atoms with Gasteiger partial charge in [-0.25, -0.2) is 27.6 Å². The van der Waals surface area contributed by atoms with Gasteiger partial charge < -0.3 is 19.5 Å². The molecule has 3 aliphatic heterocycles. The standard InChI is InChI=1S/C38H44F3N7O5S/c1-23-18-44(19-24(2)47(23)22-34(49)50)20-25-9-12-45(13-10-25)29-5-3-26(4-6-29)27-15-30-31(17-43-38(30)42-16-27)37(51)35-32(40)7-8-33(36(35)41)48(54(52)53)46-14-11-28(39)21-46/h3-8,15-17,23-25,28H,9-14,18-22H2,1-2H3,(H,42,43)(H,49,50)(H,52,53)/p-1/t23-,24+,28-/m1/s1. The first kappa shape index (κ1) is 37.9. The number of hydrogen-bond donors (Lipinski definition) is 2. The summed E-state index contributed by atoms with van der Waals surface area (Å²) in [6, 6.07) is 11.9. The fraction of sp³-hybridized carbons (Fsp3) is 0.447. The van der Waals surface area contributed by atoms with Crippen molar-refractivity contribution in [3.05, 3.63) is 77.6 Å². The third-order valence-corrected chi connectivity index (χ3v) is 11.7. The number of piperazine rings is 1. The summed E-state index contributed by atoms with van der Waals surface area (Å²) in [6.45, 7) is 8.56. The second-order valence-electron chi connectivity index (χ2n) is 14.7. The zero-order valence-corrected chi connectivity index (χ0v) is 30.9. The molecule has 4 aromatic rings. The summed E-state index contributed by atoms with van der Waals surface area (Å²) in [7, 11) is 0. The molecule has 0 bridgehead atoms. The number of carboxylic acid groups (broad SMARTS) is 1. The van der Waals surface area contributed by atoms with Crippen molar-refractivity contribution in [3.63, 3.8) is 0 Å². The lowest BCUT2D eigenvalue weighted by Gasteiger charge is -2.45. The lowest BCUT2D eigenvalue weighted by Crippen LogP contribution is -2.58. The number of nitrogens with one attached hydrogen (secondary N) is 1. The van der Waals surface area contributed by atoms with Gasteiger partial charge in [-0.05, 0) is 74.9 Å². The van der Waals surface area contributed by atoms with Crippen LogP contribution in [0.3, 0.4) is 0 Å². The minimum Gasteiger partial charge on any atom is -0.754 e. The number of hydrogen-bond acceptors (Lipinski definition) is 9. The van der Waals surface area contributed by atoms with Crippen LogP contribution in [-0.2, 0) is 16.1 Å². The van der Waals surface area contributed by atoms with E-state index in [0.717, 1.165) is 74.0 Å². The Balaban J connectivity index is 1.03. The van der Waals surface area contributed by atoms with E-state index in [1.165, 1.54) is 6.20 Å². The van der Waals surface area contributed by atoms with Crippen LogP contribution in [-0.4, -0.2) is 121 Å². The number of aliphatic carboxylic acids is 1. The summed E-state index contributed by atoms with van der Waals surface area (Å²) < 4.78 is 69.7. The Morgan fingerprint density at radius 2 is 1.70 bits per heavy atom. The van der Waals surface area contributed by atoms with Crippen molar-refractivity contribution in [3.8, 4) is 11.1 Å². The van der Waals surface area contributed by atoms with Gasteiger partial charge in [-0.15, -0.1) is 0 Å². The third-order valence-electron chi connectivity index (χ3n) is 11.0. The van der Waals surface area contributed by atoms with Gasteiger partial charge in [0.15, 0.2) is 5.82 Å². The van der Waals surface area contributed by atoms with Crippen LogP contribution in [0.15, 0.2) is 54.9 Å². The highest BCUT2D eigenvalue weighted by Gasteiger charge is 2.34. The van der Waals surface area contributed by atoms with Crippen molar-refractivity contribution in [1.82, 2.24) is 24.8 Å². The van der Waals surface area contributed by atoms with Crippen LogP contribution < -0.4 is 9.31 Å². The molecule has 5 heterocycles. The van der Waals surface area contributed by atoms with Crippen LogP contribution in [0.25, 0.3) is 22.2 Å². The van der Waals surface area contributed by atoms with Crippen molar-refractivity contribution in [2.24, 2.45) is 5.92 Å². The number of carbonyl (C=O) groups is 2. The number of alkyl halides is 1. The monoisotopic (exact) mass is 766 g/mol. The van der Waals surface area contributed by atoms with Crippen LogP contribution in [0.4, 0.5) is 24.5 Å². The minimum atomic E-state index is -3.06. The van der Waals surface area contributed by atoms with Gasteiger partial charge in [0.05, 0.1) is 29.9 Å². The molecular formula is C38H43F3N7O5S-. The number of rotatable bonds is 11. The third kappa shape index (κ3) is 7.75. The molecule has 16 heteroatoms. The first-order valence-electron chi connectivity index (χ1n) is 18.2. The Morgan fingerprint density at radius 3 is 2.33 bits per heavy atom. The largest absolute Gasteiger partial charge is 0.754 e. The zero-order chi connectivity index (χ0) is 38.3. The van der Waals surface area contributed by atoms with E-state index in [2.05, 4.69) is 38.5 Å². The van der Waals surface area contributed by atoms with Crippen LogP contribution in [0.5, 0.6) is 0 Å². The van der Waals surface area contributed by atoms with Crippen LogP contribution >= 0.6 is 0 Å². The van der Waals surface area contributed by atoms with E-state index < -0.39 is 52.1 Å². The second-order valence-corrected chi connectivity index (χ2v) is 15.4. The Bertz CT molecular complexity index is 2030. The van der Waals surface area contributed by atoms with Gasteiger partial charge in [-0.2, -0.15) is 0 Å². The summed E-state index contributed by atoms with van der Waals surface area (Å²) >= 11 is -3.06. The van der Waals surface area contributed by atoms with Gasteiger partial charge in [0, 0.05) is 85.9 Å². The number of benzene rings is 2. The number of carbonyl (C=O) groups excluding carboxylic acids is 1. The van der Waals surface area contributed by atoms with Gasteiger partial charge >= 0.3 is 5.97 Å². The molecule has 0 radical (unpaired) electrons. The highest BCUT2D eigenvalue weighted by Crippen LogP contribution is 2.34. The first-order valence-corrected chi connectivity index (χ1v) is 19.2. The number of pyridine rings is 1. The van der Waals surface area contributed by atoms with Gasteiger partial charge in [0.2, 0.25) is 5.78 Å². The van der Waals surface area contributed by atoms with Crippen molar-refractivity contribution < 1.29 is 36.6 Å². The summed E-state index contributed by atoms with van der Waals surface area (Å²) in [6.07, 6.45) is 3.81. The summed E-state index contributed by atoms with van der Waals surface area (Å²) in [5, 5.41) is 10.7. The molecule has 288 valence electrons. The molecule has 2 aromatic carbocycles. The molecule has 3 fully saturated rings. The predicted molar refractivity (Wildman–Crippen MR) is 198 cm³/mol. The molecule has 1 unspecified atom stereocenters. The number of aromatic nitrogens is 2. The average Bonchev–Trinajstić information content (AvgIpc) is 3.77. The topological polar surface area (TPSA) is 139 Å². The van der Waals surface area contributed by atoms with Crippen LogP contribution in [0, 0.1) is 17.6 Å². The molecule has 3 aliphatic rings. The number of piperidine rings is 1. The normalized spacial score (nSPS) is 22.6. The molecule has 54 heavy (non-hydrogen) atoms. The number of carboxylic acids is 1. The maximum absolute atomic E-state index is 15.9. The van der Waals surface area contributed by atoms with Crippen LogP contribution in [0.2, 0.25) is 0 Å². The Kier molecular flexibility index (Phi) is 11.1. The molecule has 2 aromatic heterocycles. The number of halogens is 3. The lowest BCUT2D eigenvalue weighted by atomic mass is 9.94. The maximum Gasteiger partial charge on any atom is 0.317 e. The zero-order valence-electron chi connectivity index (χ0n) is 30.1. The Morgan fingerprint density at radius 1 is 1.00 bits per heavy atom. The van der Waals surface area contributed by atoms with Gasteiger partial charge in [0.1, 0.15) is 23.3 Å². The summed E-state index contributed by atoms with van der Waals surface area (Å²) in [4.78, 5) is 39.3. The van der Waals surface area contributed by atoms with E-state index >= 15 is 8.78 Å². The predicted octanol–water partition coefficient (Wildman–Crippen LogP) is 4.99. The Labute approximate surface area is 313 Å². The summed E-state index contributed by atoms with van der Waals surface area (Å²) in [5.74, 6) is -3.76. The van der Waals surface area contributed by atoms with E-state index in [0.29, 0.717) is 26.9 Å². The number of H-pyrrole nitrogens is 1. The summed E-state index contributed by atoms with van der Waals surface area (Å²) in [5.41, 5.74) is 1.38. The fourth-order valence-corrected chi connectivity index (χ4v) is 8.90. The van der Waals surface area contributed by atoms with Gasteiger partial charge in [-0.1, -0.05) is 12.1 Å². The molecule has 12 nitrogen and oxygen atoms in total. The van der Waals surface area contributed by atoms with Crippen molar-refractivity contribution in [2.75, 3.05) is 61.7 Å².